The molecule has 1 heterocycles. The summed E-state index contributed by atoms with van der Waals surface area (Å²) < 4.78 is 39.1. The number of carboxylic acid groups (broad SMARTS) is 1. The molecule has 1 aromatic heterocycles. The summed E-state index contributed by atoms with van der Waals surface area (Å²) in [6.07, 6.45) is -0.359. The van der Waals surface area contributed by atoms with Crippen LogP contribution in [0.15, 0.2) is 48.7 Å². The summed E-state index contributed by atoms with van der Waals surface area (Å²) in [6.45, 7) is 2.05. The molecule has 0 atom stereocenters. The standard InChI is InChI=1S/C22H18ClF3N2O2/c1-2-3-4-16-12-27-19(15-9-10-17(18(23)11-15)22(24,25)26)20(28-16)13-5-7-14(8-6-13)21(29)30/h5-12H,2-4H2,1H3,(H,29,30). The van der Waals surface area contributed by atoms with Gasteiger partial charge in [0.1, 0.15) is 0 Å². The minimum absolute atomic E-state index is 0.118. The van der Waals surface area contributed by atoms with Gasteiger partial charge in [0.05, 0.1) is 33.2 Å². The van der Waals surface area contributed by atoms with Crippen LogP contribution in [0.3, 0.4) is 0 Å². The minimum atomic E-state index is -4.55. The Balaban J connectivity index is 2.12. The number of halogens is 4. The normalized spacial score (nSPS) is 11.5. The van der Waals surface area contributed by atoms with Crippen LogP contribution in [0.4, 0.5) is 13.2 Å². The number of rotatable bonds is 6. The molecule has 0 bridgehead atoms. The van der Waals surface area contributed by atoms with E-state index in [0.717, 1.165) is 24.6 Å². The van der Waals surface area contributed by atoms with Gasteiger partial charge in [-0.15, -0.1) is 0 Å². The number of carboxylic acids is 1. The number of alkyl halides is 3. The topological polar surface area (TPSA) is 63.1 Å². The van der Waals surface area contributed by atoms with Crippen molar-refractivity contribution in [2.45, 2.75) is 32.4 Å². The first-order chi connectivity index (χ1) is 14.2. The van der Waals surface area contributed by atoms with Crippen molar-refractivity contribution < 1.29 is 23.1 Å². The van der Waals surface area contributed by atoms with Gasteiger partial charge in [-0.1, -0.05) is 43.1 Å². The van der Waals surface area contributed by atoms with E-state index in [-0.39, 0.29) is 5.56 Å². The Labute approximate surface area is 176 Å². The third-order valence-electron chi connectivity index (χ3n) is 4.56. The van der Waals surface area contributed by atoms with E-state index >= 15 is 0 Å². The molecule has 0 aliphatic carbocycles. The first-order valence-electron chi connectivity index (χ1n) is 9.27. The molecular weight excluding hydrogens is 417 g/mol. The van der Waals surface area contributed by atoms with Crippen molar-refractivity contribution in [2.75, 3.05) is 0 Å². The van der Waals surface area contributed by atoms with Gasteiger partial charge in [0.15, 0.2) is 0 Å². The number of benzene rings is 2. The Kier molecular flexibility index (Phi) is 6.41. The van der Waals surface area contributed by atoms with Gasteiger partial charge in [0.25, 0.3) is 0 Å². The molecule has 3 aromatic rings. The Morgan fingerprint density at radius 1 is 1.07 bits per heavy atom. The van der Waals surface area contributed by atoms with Crippen LogP contribution in [0.5, 0.6) is 0 Å². The van der Waals surface area contributed by atoms with Crippen LogP contribution in [-0.4, -0.2) is 21.0 Å². The molecule has 0 saturated carbocycles. The molecule has 0 radical (unpaired) electrons. The Morgan fingerprint density at radius 2 is 1.73 bits per heavy atom. The summed E-state index contributed by atoms with van der Waals surface area (Å²) in [5.41, 5.74) is 1.76. The van der Waals surface area contributed by atoms with Crippen LogP contribution >= 0.6 is 11.6 Å². The van der Waals surface area contributed by atoms with Crippen molar-refractivity contribution >= 4 is 17.6 Å². The number of unbranched alkanes of at least 4 members (excludes halogenated alkanes) is 1. The number of hydrogen-bond acceptors (Lipinski definition) is 3. The van der Waals surface area contributed by atoms with Gasteiger partial charge in [-0.25, -0.2) is 9.78 Å². The SMILES string of the molecule is CCCCc1cnc(-c2ccc(C(F)(F)F)c(Cl)c2)c(-c2ccc(C(=O)O)cc2)n1. The molecule has 1 N–H and O–H groups in total. The molecule has 2 aromatic carbocycles. The lowest BCUT2D eigenvalue weighted by molar-refractivity contribution is -0.137. The zero-order chi connectivity index (χ0) is 21.9. The fraction of sp³-hybridized carbons (Fsp3) is 0.227. The average Bonchev–Trinajstić information content (AvgIpc) is 2.71. The molecule has 0 amide bonds. The summed E-state index contributed by atoms with van der Waals surface area (Å²) in [6, 6.07) is 9.54. The van der Waals surface area contributed by atoms with Crippen molar-refractivity contribution in [3.05, 3.63) is 70.5 Å². The molecule has 0 fully saturated rings. The van der Waals surface area contributed by atoms with Crippen LogP contribution in [0, 0.1) is 0 Å². The van der Waals surface area contributed by atoms with Crippen molar-refractivity contribution in [3.63, 3.8) is 0 Å². The van der Waals surface area contributed by atoms with Crippen LogP contribution < -0.4 is 0 Å². The second-order valence-corrected chi connectivity index (χ2v) is 7.14. The summed E-state index contributed by atoms with van der Waals surface area (Å²) in [7, 11) is 0. The molecular formula is C22H18ClF3N2O2. The number of aryl methyl sites for hydroxylation is 1. The number of carbonyl (C=O) groups is 1. The molecule has 8 heteroatoms. The third-order valence-corrected chi connectivity index (χ3v) is 4.87. The molecule has 0 spiro atoms. The third kappa shape index (κ3) is 4.79. The van der Waals surface area contributed by atoms with Crippen molar-refractivity contribution in [2.24, 2.45) is 0 Å². The number of nitrogens with zero attached hydrogens (tertiary/aromatic N) is 2. The van der Waals surface area contributed by atoms with Crippen molar-refractivity contribution in [3.8, 4) is 22.5 Å². The maximum Gasteiger partial charge on any atom is 0.417 e. The molecule has 0 aliphatic rings. The molecule has 156 valence electrons. The minimum Gasteiger partial charge on any atom is -0.478 e. The van der Waals surface area contributed by atoms with Crippen LogP contribution in [0.2, 0.25) is 5.02 Å². The Morgan fingerprint density at radius 3 is 2.30 bits per heavy atom. The summed E-state index contributed by atoms with van der Waals surface area (Å²) in [5, 5.41) is 8.68. The molecule has 0 unspecified atom stereocenters. The predicted molar refractivity (Wildman–Crippen MR) is 108 cm³/mol. The molecule has 30 heavy (non-hydrogen) atoms. The smallest absolute Gasteiger partial charge is 0.417 e. The second-order valence-electron chi connectivity index (χ2n) is 6.74. The Bertz CT molecular complexity index is 1070. The highest BCUT2D eigenvalue weighted by atomic mass is 35.5. The van der Waals surface area contributed by atoms with Gasteiger partial charge >= 0.3 is 12.1 Å². The summed E-state index contributed by atoms with van der Waals surface area (Å²) in [4.78, 5) is 20.2. The van der Waals surface area contributed by atoms with E-state index in [9.17, 15) is 18.0 Å². The van der Waals surface area contributed by atoms with Crippen LogP contribution in [0.25, 0.3) is 22.5 Å². The number of aromatic carboxylic acids is 1. The van der Waals surface area contributed by atoms with Gasteiger partial charge in [0.2, 0.25) is 0 Å². The maximum atomic E-state index is 13.0. The van der Waals surface area contributed by atoms with Crippen molar-refractivity contribution in [1.82, 2.24) is 9.97 Å². The predicted octanol–water partition coefficient (Wildman–Crippen LogP) is 6.52. The van der Waals surface area contributed by atoms with Crippen LogP contribution in [0.1, 0.15) is 41.4 Å². The molecule has 3 rings (SSSR count). The summed E-state index contributed by atoms with van der Waals surface area (Å²) >= 11 is 5.88. The molecule has 0 saturated heterocycles. The first kappa shape index (κ1) is 21.8. The average molecular weight is 435 g/mol. The highest BCUT2D eigenvalue weighted by Gasteiger charge is 2.33. The fourth-order valence-corrected chi connectivity index (χ4v) is 3.27. The monoisotopic (exact) mass is 434 g/mol. The lowest BCUT2D eigenvalue weighted by Gasteiger charge is -2.13. The number of hydrogen-bond donors (Lipinski definition) is 1. The van der Waals surface area contributed by atoms with Gasteiger partial charge in [-0.05, 0) is 37.1 Å². The second kappa shape index (κ2) is 8.83. The largest absolute Gasteiger partial charge is 0.478 e. The van der Waals surface area contributed by atoms with Gasteiger partial charge < -0.3 is 5.11 Å². The highest BCUT2D eigenvalue weighted by Crippen LogP contribution is 2.38. The van der Waals surface area contributed by atoms with E-state index in [1.807, 2.05) is 0 Å². The lowest BCUT2D eigenvalue weighted by atomic mass is 10.0. The maximum absolute atomic E-state index is 13.0. The highest BCUT2D eigenvalue weighted by molar-refractivity contribution is 6.31. The zero-order valence-electron chi connectivity index (χ0n) is 16.0. The van der Waals surface area contributed by atoms with Gasteiger partial charge in [-0.3, -0.25) is 4.98 Å². The molecule has 4 nitrogen and oxygen atoms in total. The fourth-order valence-electron chi connectivity index (χ4n) is 2.98. The molecule has 0 aliphatic heterocycles. The van der Waals surface area contributed by atoms with E-state index in [1.165, 1.54) is 24.3 Å². The van der Waals surface area contributed by atoms with E-state index in [2.05, 4.69) is 16.9 Å². The van der Waals surface area contributed by atoms with E-state index in [4.69, 9.17) is 16.7 Å². The van der Waals surface area contributed by atoms with Gasteiger partial charge in [0, 0.05) is 17.3 Å². The van der Waals surface area contributed by atoms with E-state index < -0.39 is 22.7 Å². The van der Waals surface area contributed by atoms with Crippen LogP contribution in [-0.2, 0) is 12.6 Å². The van der Waals surface area contributed by atoms with E-state index in [0.29, 0.717) is 28.9 Å². The summed E-state index contributed by atoms with van der Waals surface area (Å²) in [5.74, 6) is -1.06. The quantitative estimate of drug-likeness (QED) is 0.479. The first-order valence-corrected chi connectivity index (χ1v) is 9.65. The zero-order valence-corrected chi connectivity index (χ0v) is 16.8. The number of aromatic nitrogens is 2. The Hall–Kier alpha value is -2.93. The lowest BCUT2D eigenvalue weighted by Crippen LogP contribution is -2.06. The van der Waals surface area contributed by atoms with E-state index in [1.54, 1.807) is 18.3 Å². The van der Waals surface area contributed by atoms with Gasteiger partial charge in [-0.2, -0.15) is 13.2 Å². The van der Waals surface area contributed by atoms with Crippen molar-refractivity contribution in [1.29, 1.82) is 0 Å².